The highest BCUT2D eigenvalue weighted by molar-refractivity contribution is 5.74. The second-order valence-corrected chi connectivity index (χ2v) is 7.70. The van der Waals surface area contributed by atoms with Gasteiger partial charge < -0.3 is 27.5 Å². The molecule has 13 heteroatoms. The first-order chi connectivity index (χ1) is 18.1. The molecule has 5 rings (SSSR count). The number of benzene rings is 1. The van der Waals surface area contributed by atoms with Crippen LogP contribution in [-0.2, 0) is 26.2 Å². The zero-order chi connectivity index (χ0) is 26.7. The average Bonchev–Trinajstić information content (AvgIpc) is 3.72. The average molecular weight is 510 g/mol. The lowest BCUT2D eigenvalue weighted by Gasteiger charge is -1.99. The number of hydrogen-bond acceptors (Lipinski definition) is 9. The highest BCUT2D eigenvalue weighted by Gasteiger charge is 1.98. The van der Waals surface area contributed by atoms with Crippen LogP contribution in [0.3, 0.4) is 0 Å². The van der Waals surface area contributed by atoms with Gasteiger partial charge in [0, 0.05) is 57.0 Å². The molecule has 0 unspecified atom stereocenters. The van der Waals surface area contributed by atoms with Crippen LogP contribution >= 0.6 is 0 Å². The van der Waals surface area contributed by atoms with Crippen LogP contribution in [0.15, 0.2) is 74.0 Å². The molecular weight excluding hydrogens is 470 g/mol. The predicted molar refractivity (Wildman–Crippen MR) is 145 cm³/mol. The Morgan fingerprint density at radius 1 is 0.703 bits per heavy atom. The molecule has 8 N–H and O–H groups in total. The minimum absolute atomic E-state index is 0.614. The van der Waals surface area contributed by atoms with Gasteiger partial charge in [-0.1, -0.05) is 12.1 Å². The van der Waals surface area contributed by atoms with Gasteiger partial charge in [0.2, 0.25) is 0 Å². The van der Waals surface area contributed by atoms with Crippen LogP contribution in [-0.4, -0.2) is 70.1 Å². The second-order valence-electron chi connectivity index (χ2n) is 7.70. The Morgan fingerprint density at radius 3 is 2.03 bits per heavy atom. The first kappa shape index (κ1) is 29.3. The quantitative estimate of drug-likeness (QED) is 0.227. The Bertz CT molecular complexity index is 1160. The second kappa shape index (κ2) is 17.5. The number of fused-ring (bicyclic) bond motifs is 1. The van der Waals surface area contributed by atoms with Crippen molar-refractivity contribution in [2.24, 2.45) is 22.9 Å². The Morgan fingerprint density at radius 2 is 1.43 bits per heavy atom. The fourth-order valence-electron chi connectivity index (χ4n) is 3.13. The molecule has 0 amide bonds. The van der Waals surface area contributed by atoms with E-state index in [2.05, 4.69) is 35.9 Å². The predicted octanol–water partition coefficient (Wildman–Crippen LogP) is 0.224. The van der Waals surface area contributed by atoms with E-state index in [1.54, 1.807) is 28.1 Å². The van der Waals surface area contributed by atoms with Crippen molar-refractivity contribution in [1.29, 1.82) is 0 Å². The fourth-order valence-corrected chi connectivity index (χ4v) is 3.13. The first-order valence-corrected chi connectivity index (χ1v) is 12.1. The normalized spacial score (nSPS) is 10.1. The zero-order valence-electron chi connectivity index (χ0n) is 21.4. The molecule has 0 aliphatic carbocycles. The number of rotatable bonds is 8. The Kier molecular flexibility index (Phi) is 13.9. The van der Waals surface area contributed by atoms with E-state index in [4.69, 9.17) is 22.9 Å². The molecule has 0 fully saturated rings. The van der Waals surface area contributed by atoms with E-state index in [-0.39, 0.29) is 0 Å². The molecule has 0 aliphatic heterocycles. The molecule has 4 heterocycles. The van der Waals surface area contributed by atoms with E-state index in [0.29, 0.717) is 26.2 Å². The topological polar surface area (TPSA) is 188 Å². The molecule has 0 atom stereocenters. The largest absolute Gasteiger partial charge is 0.329 e. The molecule has 0 aliphatic rings. The van der Waals surface area contributed by atoms with Crippen LogP contribution in [0, 0.1) is 6.92 Å². The van der Waals surface area contributed by atoms with Crippen molar-refractivity contribution in [3.05, 3.63) is 79.7 Å². The number of imidazole rings is 1. The van der Waals surface area contributed by atoms with Gasteiger partial charge in [0.1, 0.15) is 12.7 Å². The number of aryl methyl sites for hydroxylation is 1. The first-order valence-electron chi connectivity index (χ1n) is 12.1. The lowest BCUT2D eigenvalue weighted by atomic mass is 10.3. The summed E-state index contributed by atoms with van der Waals surface area (Å²) in [6.07, 6.45) is 10.4. The highest BCUT2D eigenvalue weighted by atomic mass is 15.3. The molecule has 4 aromatic heterocycles. The summed E-state index contributed by atoms with van der Waals surface area (Å²) in [6, 6.07) is 11.9. The van der Waals surface area contributed by atoms with Gasteiger partial charge in [0.05, 0.1) is 37.0 Å². The number of aromatic nitrogens is 9. The Balaban J connectivity index is 0.000000176. The Labute approximate surface area is 217 Å². The molecule has 0 spiro atoms. The lowest BCUT2D eigenvalue weighted by Crippen LogP contribution is -2.11. The smallest absolute Gasteiger partial charge is 0.137 e. The van der Waals surface area contributed by atoms with Crippen molar-refractivity contribution in [1.82, 2.24) is 43.9 Å². The van der Waals surface area contributed by atoms with Gasteiger partial charge in [0.15, 0.2) is 0 Å². The molecule has 0 bridgehead atoms. The van der Waals surface area contributed by atoms with Gasteiger partial charge in [-0.3, -0.25) is 14.0 Å². The molecular formula is C24H39N13. The molecule has 5 aromatic rings. The van der Waals surface area contributed by atoms with Gasteiger partial charge in [-0.15, -0.1) is 0 Å². The van der Waals surface area contributed by atoms with Crippen LogP contribution in [0.2, 0.25) is 0 Å². The summed E-state index contributed by atoms with van der Waals surface area (Å²) in [5.74, 6) is 0. The third-order valence-corrected chi connectivity index (χ3v) is 4.91. The van der Waals surface area contributed by atoms with E-state index in [9.17, 15) is 0 Å². The fraction of sp³-hybridized carbons (Fsp3) is 0.375. The minimum Gasteiger partial charge on any atom is -0.329 e. The summed E-state index contributed by atoms with van der Waals surface area (Å²) in [5, 5.41) is 11.8. The summed E-state index contributed by atoms with van der Waals surface area (Å²) in [7, 11) is 0. The summed E-state index contributed by atoms with van der Waals surface area (Å²) in [5.41, 5.74) is 24.6. The molecule has 0 saturated carbocycles. The Hall–Kier alpha value is -3.91. The van der Waals surface area contributed by atoms with Crippen molar-refractivity contribution in [2.45, 2.75) is 33.1 Å². The third-order valence-electron chi connectivity index (χ3n) is 4.91. The molecule has 37 heavy (non-hydrogen) atoms. The van der Waals surface area contributed by atoms with E-state index in [1.807, 2.05) is 54.5 Å². The number of nitrogens with zero attached hydrogens (tertiary/aromatic N) is 9. The highest BCUT2D eigenvalue weighted by Crippen LogP contribution is 2.10. The summed E-state index contributed by atoms with van der Waals surface area (Å²) >= 11 is 0. The monoisotopic (exact) mass is 509 g/mol. The van der Waals surface area contributed by atoms with Gasteiger partial charge >= 0.3 is 0 Å². The van der Waals surface area contributed by atoms with Gasteiger partial charge in [0.25, 0.3) is 0 Å². The summed E-state index contributed by atoms with van der Waals surface area (Å²) in [6.45, 7) is 7.81. The van der Waals surface area contributed by atoms with Crippen LogP contribution in [0.25, 0.3) is 11.0 Å². The van der Waals surface area contributed by atoms with Crippen LogP contribution in [0.1, 0.15) is 5.69 Å². The summed E-state index contributed by atoms with van der Waals surface area (Å²) in [4.78, 5) is 7.98. The van der Waals surface area contributed by atoms with Crippen molar-refractivity contribution in [2.75, 3.05) is 26.2 Å². The zero-order valence-corrected chi connectivity index (χ0v) is 21.4. The van der Waals surface area contributed by atoms with Crippen LogP contribution < -0.4 is 22.9 Å². The van der Waals surface area contributed by atoms with Gasteiger partial charge in [-0.05, 0) is 31.2 Å². The van der Waals surface area contributed by atoms with Gasteiger partial charge in [-0.25, -0.2) is 9.97 Å². The van der Waals surface area contributed by atoms with E-state index in [1.165, 1.54) is 12.0 Å². The maximum absolute atomic E-state index is 5.46. The van der Waals surface area contributed by atoms with Gasteiger partial charge in [-0.2, -0.15) is 15.3 Å². The number of para-hydroxylation sites is 2. The van der Waals surface area contributed by atoms with Crippen LogP contribution in [0.4, 0.5) is 0 Å². The molecule has 200 valence electrons. The lowest BCUT2D eigenvalue weighted by molar-refractivity contribution is 0.608. The molecule has 0 radical (unpaired) electrons. The van der Waals surface area contributed by atoms with Crippen molar-refractivity contribution >= 4 is 11.0 Å². The van der Waals surface area contributed by atoms with Crippen molar-refractivity contribution < 1.29 is 0 Å². The maximum atomic E-state index is 5.46. The van der Waals surface area contributed by atoms with E-state index < -0.39 is 0 Å². The van der Waals surface area contributed by atoms with Crippen molar-refractivity contribution in [3.8, 4) is 0 Å². The molecule has 13 nitrogen and oxygen atoms in total. The number of hydrogen-bond donors (Lipinski definition) is 4. The minimum atomic E-state index is 0.614. The third kappa shape index (κ3) is 10.7. The number of nitrogens with two attached hydrogens (primary N) is 4. The molecule has 1 aromatic carbocycles. The maximum Gasteiger partial charge on any atom is 0.137 e. The SMILES string of the molecule is Cc1ccnn1CCN.NCCn1cccn1.NCCn1cnc2ccccc21.NCCn1cncn1. The molecule has 0 saturated heterocycles. The standard InChI is InChI=1S/C9H11N3.C6H11N3.C5H9N3.C4H8N4/c10-5-6-12-7-11-8-3-1-2-4-9(8)12;1-6-2-4-8-9(6)5-3-7;6-2-5-8-4-1-3-7-8;5-1-2-8-4-6-3-7-8/h1-4,7H,5-6,10H2;2,4H,3,5,7H2,1H3;1,3-4H,2,5-6H2;3-4H,1-2,5H2. The van der Waals surface area contributed by atoms with E-state index >= 15 is 0 Å². The van der Waals surface area contributed by atoms with E-state index in [0.717, 1.165) is 37.2 Å². The summed E-state index contributed by atoms with van der Waals surface area (Å²) < 4.78 is 7.45. The van der Waals surface area contributed by atoms with Crippen LogP contribution in [0.5, 0.6) is 0 Å². The van der Waals surface area contributed by atoms with Crippen molar-refractivity contribution in [3.63, 3.8) is 0 Å².